The summed E-state index contributed by atoms with van der Waals surface area (Å²) in [6, 6.07) is 11.9. The van der Waals surface area contributed by atoms with E-state index in [4.69, 9.17) is 23.2 Å². The van der Waals surface area contributed by atoms with Crippen LogP contribution in [0, 0.1) is 0 Å². The van der Waals surface area contributed by atoms with Gasteiger partial charge in [0.25, 0.3) is 0 Å². The minimum atomic E-state index is -3.57. The summed E-state index contributed by atoms with van der Waals surface area (Å²) in [5, 5.41) is 1.14. The van der Waals surface area contributed by atoms with Crippen LogP contribution >= 0.6 is 23.2 Å². The number of benzene rings is 2. The summed E-state index contributed by atoms with van der Waals surface area (Å²) >= 11 is 12.3. The van der Waals surface area contributed by atoms with Crippen LogP contribution in [0.3, 0.4) is 0 Å². The fourth-order valence-electron chi connectivity index (χ4n) is 3.20. The van der Waals surface area contributed by atoms with Gasteiger partial charge in [0.2, 0.25) is 10.0 Å². The molecule has 1 unspecified atom stereocenters. The van der Waals surface area contributed by atoms with Crippen molar-refractivity contribution in [1.29, 1.82) is 0 Å². The molecule has 1 saturated heterocycles. The number of hydrogen-bond acceptors (Lipinski definition) is 3. The maximum Gasteiger partial charge on any atom is 0.243 e. The van der Waals surface area contributed by atoms with Gasteiger partial charge in [-0.15, -0.1) is 0 Å². The van der Waals surface area contributed by atoms with Crippen molar-refractivity contribution in [2.45, 2.75) is 23.8 Å². The molecule has 4 nitrogen and oxygen atoms in total. The van der Waals surface area contributed by atoms with Crippen LogP contribution in [0.1, 0.15) is 24.4 Å². The summed E-state index contributed by atoms with van der Waals surface area (Å²) in [6.07, 6.45) is 1.61. The topological polar surface area (TPSA) is 40.6 Å². The first-order valence-corrected chi connectivity index (χ1v) is 10.2. The monoisotopic (exact) mass is 398 g/mol. The number of rotatable bonds is 4. The highest BCUT2D eigenvalue weighted by Gasteiger charge is 2.36. The van der Waals surface area contributed by atoms with E-state index in [0.717, 1.165) is 24.1 Å². The predicted molar refractivity (Wildman–Crippen MR) is 103 cm³/mol. The van der Waals surface area contributed by atoms with Crippen LogP contribution in [0.2, 0.25) is 10.0 Å². The third-order valence-corrected chi connectivity index (χ3v) is 6.94. The van der Waals surface area contributed by atoms with E-state index in [2.05, 4.69) is 0 Å². The third kappa shape index (κ3) is 3.65. The van der Waals surface area contributed by atoms with Crippen molar-refractivity contribution in [3.8, 4) is 0 Å². The van der Waals surface area contributed by atoms with Gasteiger partial charge in [0.05, 0.1) is 21.6 Å². The van der Waals surface area contributed by atoms with E-state index < -0.39 is 10.0 Å². The molecule has 0 amide bonds. The Labute approximate surface area is 159 Å². The molecule has 1 heterocycles. The number of sulfonamides is 1. The molecule has 0 aromatic heterocycles. The van der Waals surface area contributed by atoms with Gasteiger partial charge in [-0.1, -0.05) is 29.3 Å². The van der Waals surface area contributed by atoms with Gasteiger partial charge in [0.1, 0.15) is 0 Å². The lowest BCUT2D eigenvalue weighted by Crippen LogP contribution is -2.30. The second-order valence-corrected chi connectivity index (χ2v) is 9.07. The first-order chi connectivity index (χ1) is 11.8. The van der Waals surface area contributed by atoms with Gasteiger partial charge in [-0.25, -0.2) is 8.42 Å². The summed E-state index contributed by atoms with van der Waals surface area (Å²) in [5.74, 6) is 0. The molecular formula is C18H20Cl2N2O2S. The number of nitrogens with zero attached hydrogens (tertiary/aromatic N) is 2. The number of halogens is 2. The van der Waals surface area contributed by atoms with Crippen LogP contribution < -0.4 is 4.90 Å². The van der Waals surface area contributed by atoms with E-state index in [-0.39, 0.29) is 10.9 Å². The average Bonchev–Trinajstić information content (AvgIpc) is 3.05. The van der Waals surface area contributed by atoms with Gasteiger partial charge in [-0.05, 0) is 54.8 Å². The van der Waals surface area contributed by atoms with Gasteiger partial charge in [0.15, 0.2) is 0 Å². The average molecular weight is 399 g/mol. The molecule has 0 spiro atoms. The zero-order valence-corrected chi connectivity index (χ0v) is 16.4. The molecule has 1 atom stereocenters. The van der Waals surface area contributed by atoms with Crippen LogP contribution in [0.4, 0.5) is 5.69 Å². The molecule has 1 fully saturated rings. The van der Waals surface area contributed by atoms with Crippen molar-refractivity contribution in [3.63, 3.8) is 0 Å². The Kier molecular flexibility index (Phi) is 5.30. The fraction of sp³-hybridized carbons (Fsp3) is 0.333. The van der Waals surface area contributed by atoms with Crippen LogP contribution in [-0.4, -0.2) is 33.4 Å². The Morgan fingerprint density at radius 2 is 1.76 bits per heavy atom. The molecule has 1 aliphatic rings. The molecule has 7 heteroatoms. The Balaban J connectivity index is 1.95. The van der Waals surface area contributed by atoms with E-state index >= 15 is 0 Å². The van der Waals surface area contributed by atoms with E-state index in [1.165, 1.54) is 0 Å². The van der Waals surface area contributed by atoms with Crippen molar-refractivity contribution >= 4 is 38.9 Å². The van der Waals surface area contributed by atoms with Crippen molar-refractivity contribution in [2.24, 2.45) is 0 Å². The Morgan fingerprint density at radius 1 is 1.08 bits per heavy atom. The summed E-state index contributed by atoms with van der Waals surface area (Å²) in [5.41, 5.74) is 1.83. The molecule has 25 heavy (non-hydrogen) atoms. The summed E-state index contributed by atoms with van der Waals surface area (Å²) in [6.45, 7) is 0.503. The molecule has 0 radical (unpaired) electrons. The van der Waals surface area contributed by atoms with Gasteiger partial charge in [-0.3, -0.25) is 0 Å². The lowest BCUT2D eigenvalue weighted by molar-refractivity contribution is 0.396. The molecule has 1 aliphatic heterocycles. The Morgan fingerprint density at radius 3 is 2.36 bits per heavy atom. The van der Waals surface area contributed by atoms with E-state index in [9.17, 15) is 8.42 Å². The largest absolute Gasteiger partial charge is 0.376 e. The second kappa shape index (κ2) is 7.16. The second-order valence-electron chi connectivity index (χ2n) is 6.33. The third-order valence-electron chi connectivity index (χ3n) is 4.46. The Hall–Kier alpha value is -1.27. The Bertz CT molecular complexity index is 867. The molecule has 3 rings (SSSR count). The maximum absolute atomic E-state index is 13.0. The normalized spacial score (nSPS) is 18.5. The maximum atomic E-state index is 13.0. The highest BCUT2D eigenvalue weighted by Crippen LogP contribution is 2.39. The molecular weight excluding hydrogens is 379 g/mol. The molecule has 0 aliphatic carbocycles. The molecule has 0 N–H and O–H groups in total. The van der Waals surface area contributed by atoms with Gasteiger partial charge in [-0.2, -0.15) is 4.31 Å². The summed E-state index contributed by atoms with van der Waals surface area (Å²) < 4.78 is 27.6. The smallest absolute Gasteiger partial charge is 0.243 e. The van der Waals surface area contributed by atoms with Crippen molar-refractivity contribution in [3.05, 3.63) is 58.1 Å². The predicted octanol–water partition coefficient (Wildman–Crippen LogP) is 4.59. The van der Waals surface area contributed by atoms with Crippen molar-refractivity contribution in [2.75, 3.05) is 25.5 Å². The van der Waals surface area contributed by atoms with Crippen LogP contribution in [0.15, 0.2) is 47.4 Å². The quantitative estimate of drug-likeness (QED) is 0.756. The zero-order chi connectivity index (χ0) is 18.2. The molecule has 0 bridgehead atoms. The SMILES string of the molecule is CN(C)c1ccc(C2CCCN2S(=O)(=O)c2ccc(Cl)cc2)cc1Cl. The van der Waals surface area contributed by atoms with Crippen LogP contribution in [-0.2, 0) is 10.0 Å². The van der Waals surface area contributed by atoms with Crippen molar-refractivity contribution < 1.29 is 8.42 Å². The zero-order valence-electron chi connectivity index (χ0n) is 14.1. The van der Waals surface area contributed by atoms with E-state index in [1.807, 2.05) is 37.2 Å². The van der Waals surface area contributed by atoms with Crippen LogP contribution in [0.5, 0.6) is 0 Å². The lowest BCUT2D eigenvalue weighted by Gasteiger charge is -2.25. The molecule has 0 saturated carbocycles. The minimum Gasteiger partial charge on any atom is -0.376 e. The minimum absolute atomic E-state index is 0.200. The fourth-order valence-corrected chi connectivity index (χ4v) is 5.36. The first-order valence-electron chi connectivity index (χ1n) is 8.05. The molecule has 134 valence electrons. The van der Waals surface area contributed by atoms with Gasteiger partial charge in [0, 0.05) is 25.7 Å². The van der Waals surface area contributed by atoms with E-state index in [0.29, 0.717) is 16.6 Å². The van der Waals surface area contributed by atoms with Gasteiger partial charge < -0.3 is 4.90 Å². The first kappa shape index (κ1) is 18.5. The molecule has 2 aromatic carbocycles. The van der Waals surface area contributed by atoms with E-state index in [1.54, 1.807) is 28.6 Å². The standard InChI is InChI=1S/C18H20Cl2N2O2S/c1-21(2)18-10-5-13(12-16(18)20)17-4-3-11-22(17)25(23,24)15-8-6-14(19)7-9-15/h5-10,12,17H,3-4,11H2,1-2H3. The lowest BCUT2D eigenvalue weighted by atomic mass is 10.0. The van der Waals surface area contributed by atoms with Gasteiger partial charge >= 0.3 is 0 Å². The summed E-state index contributed by atoms with van der Waals surface area (Å²) in [4.78, 5) is 2.20. The summed E-state index contributed by atoms with van der Waals surface area (Å²) in [7, 11) is 0.278. The highest BCUT2D eigenvalue weighted by atomic mass is 35.5. The number of anilines is 1. The molecule has 2 aromatic rings. The number of hydrogen-bond donors (Lipinski definition) is 0. The van der Waals surface area contributed by atoms with Crippen LogP contribution in [0.25, 0.3) is 0 Å². The van der Waals surface area contributed by atoms with Crippen molar-refractivity contribution in [1.82, 2.24) is 4.31 Å². The highest BCUT2D eigenvalue weighted by molar-refractivity contribution is 7.89.